The zero-order valence-corrected chi connectivity index (χ0v) is 15.5. The second-order valence-electron chi connectivity index (χ2n) is 5.97. The first-order valence-electron chi connectivity index (χ1n) is 8.20. The fourth-order valence-electron chi connectivity index (χ4n) is 2.76. The van der Waals surface area contributed by atoms with Crippen LogP contribution in [-0.2, 0) is 11.0 Å². The molecule has 142 valence electrons. The Kier molecular flexibility index (Phi) is 5.98. The maximum absolute atomic E-state index is 11.2. The molecule has 9 nitrogen and oxygen atoms in total. The molecule has 27 heavy (non-hydrogen) atoms. The first-order valence-corrected chi connectivity index (χ1v) is 10.00. The molecule has 0 unspecified atom stereocenters. The Bertz CT molecular complexity index is 914. The maximum Gasteiger partial charge on any atom is 0.339 e. The van der Waals surface area contributed by atoms with Gasteiger partial charge in [0.25, 0.3) is 0 Å². The molecule has 4 N–H and O–H groups in total. The van der Waals surface area contributed by atoms with Crippen molar-refractivity contribution in [2.75, 3.05) is 13.4 Å². The molecule has 0 saturated carbocycles. The van der Waals surface area contributed by atoms with E-state index in [0.29, 0.717) is 18.0 Å². The molecule has 3 rings (SSSR count). The van der Waals surface area contributed by atoms with Gasteiger partial charge in [0.05, 0.1) is 19.4 Å². The number of nitrogens with one attached hydrogen (secondary N) is 2. The van der Waals surface area contributed by atoms with Crippen LogP contribution in [0.4, 0.5) is 0 Å². The largest absolute Gasteiger partial charge is 0.496 e. The molecular formula is C17H20N5O4P. The van der Waals surface area contributed by atoms with Crippen LogP contribution in [0.2, 0.25) is 0 Å². The van der Waals surface area contributed by atoms with Gasteiger partial charge in [-0.05, 0) is 34.0 Å². The van der Waals surface area contributed by atoms with Crippen molar-refractivity contribution < 1.29 is 19.1 Å². The number of hydrogen-bond acceptors (Lipinski definition) is 6. The number of benzene rings is 2. The number of aromatic amines is 1. The Morgan fingerprint density at radius 2 is 2.00 bits per heavy atom. The van der Waals surface area contributed by atoms with E-state index in [2.05, 4.69) is 25.9 Å². The molecular weight excluding hydrogens is 369 g/mol. The number of rotatable bonds is 8. The van der Waals surface area contributed by atoms with Gasteiger partial charge in [0, 0.05) is 5.56 Å². The molecule has 1 atom stereocenters. The summed E-state index contributed by atoms with van der Waals surface area (Å²) in [6, 6.07) is 15.2. The summed E-state index contributed by atoms with van der Waals surface area (Å²) in [4.78, 5) is 18.3. The smallest absolute Gasteiger partial charge is 0.339 e. The van der Waals surface area contributed by atoms with E-state index in [9.17, 15) is 4.57 Å². The highest BCUT2D eigenvalue weighted by Gasteiger charge is 2.21. The summed E-state index contributed by atoms with van der Waals surface area (Å²) in [6.07, 6.45) is -0.0557. The van der Waals surface area contributed by atoms with Crippen LogP contribution in [0.5, 0.6) is 5.75 Å². The Morgan fingerprint density at radius 1 is 1.22 bits per heavy atom. The molecule has 1 heterocycles. The Hall–Kier alpha value is -2.58. The van der Waals surface area contributed by atoms with E-state index in [0.717, 1.165) is 16.7 Å². The van der Waals surface area contributed by atoms with Crippen LogP contribution in [0.15, 0.2) is 48.5 Å². The third-order valence-corrected chi connectivity index (χ3v) is 4.62. The lowest BCUT2D eigenvalue weighted by molar-refractivity contribution is 0.362. The highest BCUT2D eigenvalue weighted by Crippen LogP contribution is 2.34. The molecule has 0 fully saturated rings. The maximum atomic E-state index is 11.2. The monoisotopic (exact) mass is 389 g/mol. The van der Waals surface area contributed by atoms with E-state index < -0.39 is 19.9 Å². The average molecular weight is 389 g/mol. The Labute approximate surface area is 155 Å². The lowest BCUT2D eigenvalue weighted by Crippen LogP contribution is -2.25. The predicted octanol–water partition coefficient (Wildman–Crippen LogP) is 1.88. The number of nitrogens with zero attached hydrogens (tertiary/aromatic N) is 3. The number of methoxy groups -OCH3 is 1. The normalized spacial score (nSPS) is 12.7. The van der Waals surface area contributed by atoms with Gasteiger partial charge in [0.2, 0.25) is 0 Å². The predicted molar refractivity (Wildman–Crippen MR) is 99.1 cm³/mol. The summed E-state index contributed by atoms with van der Waals surface area (Å²) in [5.74, 6) is 1.11. The van der Waals surface area contributed by atoms with Crippen molar-refractivity contribution in [2.24, 2.45) is 0 Å². The lowest BCUT2D eigenvalue weighted by Gasteiger charge is -2.18. The molecule has 3 aromatic rings. The van der Waals surface area contributed by atoms with E-state index in [1.807, 2.05) is 48.5 Å². The molecule has 0 amide bonds. The van der Waals surface area contributed by atoms with Gasteiger partial charge < -0.3 is 14.5 Å². The first kappa shape index (κ1) is 19.2. The molecule has 0 saturated heterocycles. The van der Waals surface area contributed by atoms with Gasteiger partial charge in [-0.25, -0.2) is 5.10 Å². The molecule has 0 bridgehead atoms. The fraction of sp³-hybridized carbons (Fsp3) is 0.235. The van der Waals surface area contributed by atoms with Crippen LogP contribution in [0, 0.1) is 0 Å². The molecule has 0 radical (unpaired) electrons. The summed E-state index contributed by atoms with van der Waals surface area (Å²) in [7, 11) is -2.60. The van der Waals surface area contributed by atoms with Gasteiger partial charge in [-0.3, -0.25) is 9.88 Å². The van der Waals surface area contributed by atoms with Gasteiger partial charge in [-0.1, -0.05) is 42.5 Å². The Balaban J connectivity index is 1.84. The van der Waals surface area contributed by atoms with Crippen molar-refractivity contribution in [1.29, 1.82) is 0 Å². The summed E-state index contributed by atoms with van der Waals surface area (Å²) >= 11 is 0. The van der Waals surface area contributed by atoms with Gasteiger partial charge in [-0.2, -0.15) is 0 Å². The highest BCUT2D eigenvalue weighted by molar-refractivity contribution is 7.51. The van der Waals surface area contributed by atoms with Crippen LogP contribution in [-0.4, -0.2) is 43.8 Å². The number of hydrogen-bond donors (Lipinski definition) is 4. The lowest BCUT2D eigenvalue weighted by atomic mass is 9.99. The van der Waals surface area contributed by atoms with Gasteiger partial charge in [-0.15, -0.1) is 5.10 Å². The molecule has 0 aliphatic rings. The third kappa shape index (κ3) is 5.21. The number of ether oxygens (including phenoxy) is 1. The first-order chi connectivity index (χ1) is 13.0. The second kappa shape index (κ2) is 8.41. The van der Waals surface area contributed by atoms with Crippen LogP contribution in [0.1, 0.15) is 17.4 Å². The van der Waals surface area contributed by atoms with Gasteiger partial charge in [0.15, 0.2) is 5.82 Å². The molecule has 10 heteroatoms. The Morgan fingerprint density at radius 3 is 2.63 bits per heavy atom. The van der Waals surface area contributed by atoms with E-state index in [1.54, 1.807) is 7.11 Å². The van der Waals surface area contributed by atoms with Crippen molar-refractivity contribution in [3.8, 4) is 16.9 Å². The minimum absolute atomic E-state index is 0.398. The standard InChI is InChI=1S/C17H20N5O4P/c1-26-16-10-12(7-8-14(16)13-5-3-2-4-6-13)9-15(17-19-21-22-20-17)18-11-27(23,24)25/h2-8,10,15,18H,9,11H2,1H3,(H2,23,24,25)(H,19,20,21,22)/t15-/m0/s1. The van der Waals surface area contributed by atoms with Crippen molar-refractivity contribution in [1.82, 2.24) is 25.9 Å². The van der Waals surface area contributed by atoms with Crippen molar-refractivity contribution in [3.63, 3.8) is 0 Å². The second-order valence-corrected chi connectivity index (χ2v) is 7.62. The average Bonchev–Trinajstić information content (AvgIpc) is 3.19. The topological polar surface area (TPSA) is 133 Å². The van der Waals surface area contributed by atoms with Crippen LogP contribution in [0.25, 0.3) is 11.1 Å². The third-order valence-electron chi connectivity index (χ3n) is 4.03. The molecule has 0 aliphatic carbocycles. The molecule has 0 aliphatic heterocycles. The highest BCUT2D eigenvalue weighted by atomic mass is 31.2. The van der Waals surface area contributed by atoms with Gasteiger partial charge in [0.1, 0.15) is 5.75 Å². The van der Waals surface area contributed by atoms with Gasteiger partial charge >= 0.3 is 7.60 Å². The minimum atomic E-state index is -4.21. The zero-order valence-electron chi connectivity index (χ0n) is 14.6. The summed E-state index contributed by atoms with van der Waals surface area (Å²) in [6.45, 7) is 0. The van der Waals surface area contributed by atoms with E-state index in [4.69, 9.17) is 14.5 Å². The van der Waals surface area contributed by atoms with Crippen molar-refractivity contribution >= 4 is 7.60 Å². The number of H-pyrrole nitrogens is 1. The summed E-state index contributed by atoms with van der Waals surface area (Å²) in [5, 5.41) is 16.4. The fourth-order valence-corrected chi connectivity index (χ4v) is 3.22. The molecule has 1 aromatic heterocycles. The van der Waals surface area contributed by atoms with Crippen LogP contribution in [0.3, 0.4) is 0 Å². The molecule has 2 aromatic carbocycles. The van der Waals surface area contributed by atoms with Crippen molar-refractivity contribution in [2.45, 2.75) is 12.5 Å². The van der Waals surface area contributed by atoms with Crippen LogP contribution < -0.4 is 10.1 Å². The number of aromatic nitrogens is 4. The van der Waals surface area contributed by atoms with Crippen LogP contribution >= 0.6 is 7.60 Å². The van der Waals surface area contributed by atoms with E-state index in [-0.39, 0.29) is 0 Å². The number of tetrazole rings is 1. The quantitative estimate of drug-likeness (QED) is 0.429. The molecule has 0 spiro atoms. The minimum Gasteiger partial charge on any atom is -0.496 e. The van der Waals surface area contributed by atoms with Crippen molar-refractivity contribution in [3.05, 3.63) is 59.9 Å². The SMILES string of the molecule is COc1cc(C[C@H](NCP(=O)(O)O)c2nnn[nH]2)ccc1-c1ccccc1. The van der Waals surface area contributed by atoms with E-state index >= 15 is 0 Å². The zero-order chi connectivity index (χ0) is 19.3. The summed E-state index contributed by atoms with van der Waals surface area (Å²) in [5.41, 5.74) is 2.91. The van der Waals surface area contributed by atoms with E-state index in [1.165, 1.54) is 0 Å². The summed E-state index contributed by atoms with van der Waals surface area (Å²) < 4.78 is 16.7.